The summed E-state index contributed by atoms with van der Waals surface area (Å²) in [6.07, 6.45) is 6.37. The maximum atomic E-state index is 12.0. The second-order valence-electron chi connectivity index (χ2n) is 5.23. The van der Waals surface area contributed by atoms with Gasteiger partial charge in [0.2, 0.25) is 5.91 Å². The quantitative estimate of drug-likeness (QED) is 0.916. The third kappa shape index (κ3) is 4.32. The van der Waals surface area contributed by atoms with E-state index >= 15 is 0 Å². The van der Waals surface area contributed by atoms with Gasteiger partial charge in [0, 0.05) is 10.5 Å². The molecule has 0 unspecified atom stereocenters. The molecule has 0 radical (unpaired) electrons. The van der Waals surface area contributed by atoms with E-state index in [1.54, 1.807) is 0 Å². The molecule has 0 heterocycles. The van der Waals surface area contributed by atoms with E-state index in [1.807, 2.05) is 24.3 Å². The monoisotopic (exact) mass is 324 g/mol. The van der Waals surface area contributed by atoms with Crippen LogP contribution in [-0.4, -0.2) is 30.4 Å². The van der Waals surface area contributed by atoms with Crippen molar-refractivity contribution in [1.82, 2.24) is 4.90 Å². The number of carbonyl (C=O) groups is 1. The Morgan fingerprint density at radius 3 is 2.68 bits per heavy atom. The summed E-state index contributed by atoms with van der Waals surface area (Å²) in [7, 11) is 2.05. The van der Waals surface area contributed by atoms with Crippen molar-refractivity contribution < 1.29 is 4.79 Å². The highest BCUT2D eigenvalue weighted by Gasteiger charge is 2.19. The molecule has 1 aliphatic rings. The van der Waals surface area contributed by atoms with Gasteiger partial charge >= 0.3 is 0 Å². The summed E-state index contributed by atoms with van der Waals surface area (Å²) in [5, 5.41) is 2.95. The number of anilines is 1. The second kappa shape index (κ2) is 7.06. The lowest BCUT2D eigenvalue weighted by Crippen LogP contribution is -2.39. The van der Waals surface area contributed by atoms with Crippen LogP contribution in [-0.2, 0) is 4.79 Å². The van der Waals surface area contributed by atoms with E-state index in [4.69, 9.17) is 0 Å². The predicted octanol–water partition coefficient (Wildman–Crippen LogP) is 3.65. The molecule has 0 spiro atoms. The number of nitrogens with one attached hydrogen (secondary N) is 1. The Bertz CT molecular complexity index is 430. The third-order valence-electron chi connectivity index (χ3n) is 3.74. The highest BCUT2D eigenvalue weighted by Crippen LogP contribution is 2.23. The minimum atomic E-state index is 0.0555. The molecule has 1 aromatic carbocycles. The van der Waals surface area contributed by atoms with E-state index < -0.39 is 0 Å². The molecule has 0 aliphatic heterocycles. The zero-order valence-electron chi connectivity index (χ0n) is 11.4. The van der Waals surface area contributed by atoms with Crippen molar-refractivity contribution >= 4 is 27.5 Å². The minimum Gasteiger partial charge on any atom is -0.324 e. The standard InChI is InChI=1S/C15H21BrN2O/c1-18(12-7-3-2-4-8-12)11-15(19)17-14-10-6-5-9-13(14)16/h5-6,9-10,12H,2-4,7-8,11H2,1H3,(H,17,19). The zero-order chi connectivity index (χ0) is 13.7. The number of rotatable bonds is 4. The third-order valence-corrected chi connectivity index (χ3v) is 4.43. The van der Waals surface area contributed by atoms with Crippen LogP contribution in [0.5, 0.6) is 0 Å². The summed E-state index contributed by atoms with van der Waals surface area (Å²) < 4.78 is 0.920. The molecule has 0 bridgehead atoms. The lowest BCUT2D eigenvalue weighted by atomic mass is 9.94. The van der Waals surface area contributed by atoms with Crippen LogP contribution in [0.1, 0.15) is 32.1 Å². The highest BCUT2D eigenvalue weighted by molar-refractivity contribution is 9.10. The van der Waals surface area contributed by atoms with Crippen LogP contribution in [0.2, 0.25) is 0 Å². The molecular formula is C15H21BrN2O. The van der Waals surface area contributed by atoms with Crippen LogP contribution in [0, 0.1) is 0 Å². The lowest BCUT2D eigenvalue weighted by Gasteiger charge is -2.30. The van der Waals surface area contributed by atoms with Gasteiger partial charge in [-0.2, -0.15) is 0 Å². The van der Waals surface area contributed by atoms with Crippen molar-refractivity contribution in [2.75, 3.05) is 18.9 Å². The Kier molecular flexibility index (Phi) is 5.40. The number of hydrogen-bond acceptors (Lipinski definition) is 2. The summed E-state index contributed by atoms with van der Waals surface area (Å²) >= 11 is 3.44. The van der Waals surface area contributed by atoms with Gasteiger partial charge in [0.05, 0.1) is 12.2 Å². The van der Waals surface area contributed by atoms with Gasteiger partial charge in [-0.05, 0) is 48.0 Å². The highest BCUT2D eigenvalue weighted by atomic mass is 79.9. The van der Waals surface area contributed by atoms with Gasteiger partial charge in [0.15, 0.2) is 0 Å². The first-order valence-electron chi connectivity index (χ1n) is 6.91. The van der Waals surface area contributed by atoms with Gasteiger partial charge in [0.1, 0.15) is 0 Å². The number of carbonyl (C=O) groups excluding carboxylic acids is 1. The summed E-state index contributed by atoms with van der Waals surface area (Å²) in [4.78, 5) is 14.2. The van der Waals surface area contributed by atoms with Crippen LogP contribution in [0.15, 0.2) is 28.7 Å². The number of likely N-dealkylation sites (N-methyl/N-ethyl adjacent to an activating group) is 1. The molecule has 1 aliphatic carbocycles. The first-order valence-corrected chi connectivity index (χ1v) is 7.71. The second-order valence-corrected chi connectivity index (χ2v) is 6.09. The van der Waals surface area contributed by atoms with Crippen molar-refractivity contribution in [2.24, 2.45) is 0 Å². The van der Waals surface area contributed by atoms with Crippen molar-refractivity contribution in [3.8, 4) is 0 Å². The normalized spacial score (nSPS) is 16.6. The van der Waals surface area contributed by atoms with Gasteiger partial charge in [0.25, 0.3) is 0 Å². The van der Waals surface area contributed by atoms with Gasteiger partial charge in [-0.15, -0.1) is 0 Å². The predicted molar refractivity (Wildman–Crippen MR) is 82.3 cm³/mol. The average molecular weight is 325 g/mol. The Morgan fingerprint density at radius 2 is 2.00 bits per heavy atom. The summed E-state index contributed by atoms with van der Waals surface area (Å²) in [5.74, 6) is 0.0555. The first-order chi connectivity index (χ1) is 9.16. The van der Waals surface area contributed by atoms with Crippen LogP contribution in [0.25, 0.3) is 0 Å². The molecule has 0 aromatic heterocycles. The van der Waals surface area contributed by atoms with Crippen LogP contribution < -0.4 is 5.32 Å². The van der Waals surface area contributed by atoms with E-state index in [0.717, 1.165) is 10.2 Å². The Hall–Kier alpha value is -0.870. The SMILES string of the molecule is CN(CC(=O)Nc1ccccc1Br)C1CCCCC1. The summed E-state index contributed by atoms with van der Waals surface area (Å²) in [6.45, 7) is 0.464. The number of halogens is 1. The van der Waals surface area contributed by atoms with Crippen molar-refractivity contribution in [3.63, 3.8) is 0 Å². The molecule has 1 N–H and O–H groups in total. The van der Waals surface area contributed by atoms with Gasteiger partial charge in [-0.3, -0.25) is 9.69 Å². The smallest absolute Gasteiger partial charge is 0.238 e. The van der Waals surface area contributed by atoms with Crippen LogP contribution >= 0.6 is 15.9 Å². The van der Waals surface area contributed by atoms with E-state index in [9.17, 15) is 4.79 Å². The number of nitrogens with zero attached hydrogens (tertiary/aromatic N) is 1. The minimum absolute atomic E-state index is 0.0555. The van der Waals surface area contributed by atoms with Crippen molar-refractivity contribution in [1.29, 1.82) is 0 Å². The molecule has 3 nitrogen and oxygen atoms in total. The maximum Gasteiger partial charge on any atom is 0.238 e. The van der Waals surface area contributed by atoms with E-state index in [2.05, 4.69) is 33.2 Å². The van der Waals surface area contributed by atoms with Gasteiger partial charge in [-0.25, -0.2) is 0 Å². The molecular weight excluding hydrogens is 304 g/mol. The average Bonchev–Trinajstić information content (AvgIpc) is 2.42. The number of hydrogen-bond donors (Lipinski definition) is 1. The fraction of sp³-hybridized carbons (Fsp3) is 0.533. The van der Waals surface area contributed by atoms with Crippen molar-refractivity contribution in [2.45, 2.75) is 38.1 Å². The molecule has 0 atom stereocenters. The first kappa shape index (κ1) is 14.5. The number of benzene rings is 1. The maximum absolute atomic E-state index is 12.0. The molecule has 2 rings (SSSR count). The zero-order valence-corrected chi connectivity index (χ0v) is 12.9. The molecule has 1 saturated carbocycles. The molecule has 0 saturated heterocycles. The molecule has 19 heavy (non-hydrogen) atoms. The van der Waals surface area contributed by atoms with E-state index in [1.165, 1.54) is 32.1 Å². The molecule has 104 valence electrons. The van der Waals surface area contributed by atoms with Gasteiger partial charge < -0.3 is 5.32 Å². The Balaban J connectivity index is 1.85. The number of para-hydroxylation sites is 1. The van der Waals surface area contributed by atoms with Gasteiger partial charge in [-0.1, -0.05) is 31.4 Å². The largest absolute Gasteiger partial charge is 0.324 e. The fourth-order valence-corrected chi connectivity index (χ4v) is 3.01. The Morgan fingerprint density at radius 1 is 1.32 bits per heavy atom. The topological polar surface area (TPSA) is 32.3 Å². The lowest BCUT2D eigenvalue weighted by molar-refractivity contribution is -0.117. The van der Waals surface area contributed by atoms with Crippen LogP contribution in [0.3, 0.4) is 0 Å². The molecule has 4 heteroatoms. The van der Waals surface area contributed by atoms with E-state index in [-0.39, 0.29) is 5.91 Å². The molecule has 1 fully saturated rings. The molecule has 1 amide bonds. The molecule has 1 aromatic rings. The number of amides is 1. The summed E-state index contributed by atoms with van der Waals surface area (Å²) in [5.41, 5.74) is 0.838. The Labute approximate surface area is 123 Å². The van der Waals surface area contributed by atoms with Crippen LogP contribution in [0.4, 0.5) is 5.69 Å². The fourth-order valence-electron chi connectivity index (χ4n) is 2.63. The summed E-state index contributed by atoms with van der Waals surface area (Å²) in [6, 6.07) is 8.26. The van der Waals surface area contributed by atoms with Crippen molar-refractivity contribution in [3.05, 3.63) is 28.7 Å². The van der Waals surface area contributed by atoms with E-state index in [0.29, 0.717) is 12.6 Å².